The first-order chi connectivity index (χ1) is 8.24. The molecule has 1 heterocycles. The Morgan fingerprint density at radius 3 is 2.71 bits per heavy atom. The SMILES string of the molecule is Cc1cc(NC(=O)NC2[C@H]3CCCC[C@@H]23)no1. The standard InChI is InChI=1S/C12H17N3O2/c1-7-6-10(15-17-7)13-12(16)14-11-8-4-2-3-5-9(8)11/h6,8-9,11H,2-5H2,1H3,(H2,13,14,15,16)/t8-,9+,11?. The summed E-state index contributed by atoms with van der Waals surface area (Å²) in [6.45, 7) is 1.80. The molecule has 5 nitrogen and oxygen atoms in total. The third-order valence-corrected chi connectivity index (χ3v) is 3.82. The number of fused-ring (bicyclic) bond motifs is 1. The third-order valence-electron chi connectivity index (χ3n) is 3.82. The third kappa shape index (κ3) is 2.14. The maximum absolute atomic E-state index is 11.7. The van der Waals surface area contributed by atoms with E-state index in [0.29, 0.717) is 29.5 Å². The average molecular weight is 235 g/mol. The van der Waals surface area contributed by atoms with Gasteiger partial charge in [-0.25, -0.2) is 4.79 Å². The zero-order chi connectivity index (χ0) is 11.8. The van der Waals surface area contributed by atoms with Crippen LogP contribution in [0.4, 0.5) is 10.6 Å². The molecular weight excluding hydrogens is 218 g/mol. The fourth-order valence-corrected chi connectivity index (χ4v) is 2.94. The predicted octanol–water partition coefficient (Wildman–Crippen LogP) is 2.29. The molecule has 2 N–H and O–H groups in total. The minimum atomic E-state index is -0.169. The Balaban J connectivity index is 1.51. The zero-order valence-electron chi connectivity index (χ0n) is 9.90. The van der Waals surface area contributed by atoms with Crippen molar-refractivity contribution in [1.82, 2.24) is 10.5 Å². The summed E-state index contributed by atoms with van der Waals surface area (Å²) in [5.41, 5.74) is 0. The quantitative estimate of drug-likeness (QED) is 0.826. The van der Waals surface area contributed by atoms with E-state index in [1.54, 1.807) is 13.0 Å². The van der Waals surface area contributed by atoms with Crippen LogP contribution in [0.2, 0.25) is 0 Å². The molecule has 0 aliphatic heterocycles. The summed E-state index contributed by atoms with van der Waals surface area (Å²) in [5.74, 6) is 2.60. The van der Waals surface area contributed by atoms with Crippen molar-refractivity contribution in [2.75, 3.05) is 5.32 Å². The largest absolute Gasteiger partial charge is 0.360 e. The molecule has 0 spiro atoms. The van der Waals surface area contributed by atoms with E-state index in [1.165, 1.54) is 25.7 Å². The van der Waals surface area contributed by atoms with E-state index in [-0.39, 0.29) is 6.03 Å². The van der Waals surface area contributed by atoms with Gasteiger partial charge in [-0.05, 0) is 31.6 Å². The van der Waals surface area contributed by atoms with Gasteiger partial charge in [0.1, 0.15) is 5.76 Å². The Hall–Kier alpha value is -1.52. The van der Waals surface area contributed by atoms with Crippen LogP contribution in [0.25, 0.3) is 0 Å². The van der Waals surface area contributed by atoms with Gasteiger partial charge in [0.15, 0.2) is 5.82 Å². The fraction of sp³-hybridized carbons (Fsp3) is 0.667. The summed E-state index contributed by atoms with van der Waals surface area (Å²) in [5, 5.41) is 9.44. The van der Waals surface area contributed by atoms with Crippen molar-refractivity contribution in [3.05, 3.63) is 11.8 Å². The number of nitrogens with zero attached hydrogens (tertiary/aromatic N) is 1. The fourth-order valence-electron chi connectivity index (χ4n) is 2.94. The lowest BCUT2D eigenvalue weighted by Crippen LogP contribution is -2.32. The van der Waals surface area contributed by atoms with Gasteiger partial charge >= 0.3 is 6.03 Å². The number of urea groups is 1. The second-order valence-corrected chi connectivity index (χ2v) is 5.06. The number of amides is 2. The first-order valence-electron chi connectivity index (χ1n) is 6.25. The highest BCUT2D eigenvalue weighted by Crippen LogP contribution is 2.49. The van der Waals surface area contributed by atoms with Gasteiger partial charge in [0.05, 0.1) is 0 Å². The van der Waals surface area contributed by atoms with Crippen LogP contribution in [-0.2, 0) is 0 Å². The molecule has 2 saturated carbocycles. The topological polar surface area (TPSA) is 67.2 Å². The van der Waals surface area contributed by atoms with E-state index < -0.39 is 0 Å². The summed E-state index contributed by atoms with van der Waals surface area (Å²) < 4.78 is 4.89. The molecule has 3 atom stereocenters. The van der Waals surface area contributed by atoms with Gasteiger partial charge in [0.25, 0.3) is 0 Å². The summed E-state index contributed by atoms with van der Waals surface area (Å²) >= 11 is 0. The van der Waals surface area contributed by atoms with E-state index in [4.69, 9.17) is 4.52 Å². The van der Waals surface area contributed by atoms with Crippen molar-refractivity contribution in [1.29, 1.82) is 0 Å². The molecule has 2 aliphatic rings. The lowest BCUT2D eigenvalue weighted by atomic mass is 10.0. The normalized spacial score (nSPS) is 30.5. The molecule has 2 amide bonds. The van der Waals surface area contributed by atoms with Crippen molar-refractivity contribution in [3.8, 4) is 0 Å². The number of carbonyl (C=O) groups is 1. The van der Waals surface area contributed by atoms with Gasteiger partial charge in [-0.3, -0.25) is 5.32 Å². The van der Waals surface area contributed by atoms with Gasteiger partial charge in [-0.1, -0.05) is 18.0 Å². The van der Waals surface area contributed by atoms with E-state index in [1.807, 2.05) is 0 Å². The molecule has 92 valence electrons. The van der Waals surface area contributed by atoms with Crippen LogP contribution in [0.3, 0.4) is 0 Å². The highest BCUT2D eigenvalue weighted by atomic mass is 16.5. The zero-order valence-corrected chi connectivity index (χ0v) is 9.90. The van der Waals surface area contributed by atoms with Gasteiger partial charge in [0, 0.05) is 12.1 Å². The van der Waals surface area contributed by atoms with E-state index in [9.17, 15) is 4.79 Å². The monoisotopic (exact) mass is 235 g/mol. The van der Waals surface area contributed by atoms with E-state index in [0.717, 1.165) is 0 Å². The van der Waals surface area contributed by atoms with Crippen LogP contribution in [0.15, 0.2) is 10.6 Å². The van der Waals surface area contributed by atoms with Gasteiger partial charge in [-0.15, -0.1) is 0 Å². The Labute approximate surface area is 99.9 Å². The Kier molecular flexibility index (Phi) is 2.53. The molecule has 2 aliphatic carbocycles. The lowest BCUT2D eigenvalue weighted by molar-refractivity contribution is 0.250. The Morgan fingerprint density at radius 1 is 1.41 bits per heavy atom. The molecule has 0 aromatic carbocycles. The van der Waals surface area contributed by atoms with Crippen LogP contribution in [0.1, 0.15) is 31.4 Å². The van der Waals surface area contributed by atoms with Crippen molar-refractivity contribution >= 4 is 11.8 Å². The molecular formula is C12H17N3O2. The first-order valence-corrected chi connectivity index (χ1v) is 6.25. The Bertz CT molecular complexity index is 417. The second kappa shape index (κ2) is 4.05. The van der Waals surface area contributed by atoms with Gasteiger partial charge in [-0.2, -0.15) is 0 Å². The number of nitrogens with one attached hydrogen (secondary N) is 2. The number of hydrogen-bond acceptors (Lipinski definition) is 3. The number of rotatable bonds is 2. The summed E-state index contributed by atoms with van der Waals surface area (Å²) in [7, 11) is 0. The van der Waals surface area contributed by atoms with Crippen molar-refractivity contribution in [2.45, 2.75) is 38.6 Å². The maximum Gasteiger partial charge on any atom is 0.320 e. The molecule has 0 bridgehead atoms. The summed E-state index contributed by atoms with van der Waals surface area (Å²) in [6, 6.07) is 1.92. The number of carbonyl (C=O) groups excluding carboxylic acids is 1. The lowest BCUT2D eigenvalue weighted by Gasteiger charge is -2.04. The highest BCUT2D eigenvalue weighted by Gasteiger charge is 2.51. The highest BCUT2D eigenvalue weighted by molar-refractivity contribution is 5.88. The molecule has 1 aromatic rings. The number of aryl methyl sites for hydroxylation is 1. The minimum Gasteiger partial charge on any atom is -0.360 e. The molecule has 3 rings (SSSR count). The second-order valence-electron chi connectivity index (χ2n) is 5.06. The van der Waals surface area contributed by atoms with Crippen molar-refractivity contribution in [3.63, 3.8) is 0 Å². The number of hydrogen-bond donors (Lipinski definition) is 2. The molecule has 5 heteroatoms. The molecule has 0 saturated heterocycles. The van der Waals surface area contributed by atoms with Crippen LogP contribution in [0.5, 0.6) is 0 Å². The average Bonchev–Trinajstić information content (AvgIpc) is 2.84. The van der Waals surface area contributed by atoms with Gasteiger partial charge in [0.2, 0.25) is 0 Å². The van der Waals surface area contributed by atoms with E-state index >= 15 is 0 Å². The van der Waals surface area contributed by atoms with Gasteiger partial charge < -0.3 is 9.84 Å². The number of anilines is 1. The van der Waals surface area contributed by atoms with Crippen LogP contribution in [0, 0.1) is 18.8 Å². The van der Waals surface area contributed by atoms with Crippen molar-refractivity contribution < 1.29 is 9.32 Å². The molecule has 1 unspecified atom stereocenters. The van der Waals surface area contributed by atoms with Crippen LogP contribution in [-0.4, -0.2) is 17.2 Å². The van der Waals surface area contributed by atoms with Crippen LogP contribution >= 0.6 is 0 Å². The number of aromatic nitrogens is 1. The molecule has 17 heavy (non-hydrogen) atoms. The minimum absolute atomic E-state index is 0.169. The Morgan fingerprint density at radius 2 is 2.12 bits per heavy atom. The van der Waals surface area contributed by atoms with Crippen molar-refractivity contribution in [2.24, 2.45) is 11.8 Å². The molecule has 2 fully saturated rings. The van der Waals surface area contributed by atoms with E-state index in [2.05, 4.69) is 15.8 Å². The molecule has 0 radical (unpaired) electrons. The molecule has 1 aromatic heterocycles. The maximum atomic E-state index is 11.7. The smallest absolute Gasteiger partial charge is 0.320 e. The summed E-state index contributed by atoms with van der Waals surface area (Å²) in [6.07, 6.45) is 5.14. The predicted molar refractivity (Wildman–Crippen MR) is 62.6 cm³/mol. The first kappa shape index (κ1) is 10.6. The summed E-state index contributed by atoms with van der Waals surface area (Å²) in [4.78, 5) is 11.7. The van der Waals surface area contributed by atoms with Crippen LogP contribution < -0.4 is 10.6 Å².